The van der Waals surface area contributed by atoms with Gasteiger partial charge in [0.05, 0.1) is 10.7 Å². The number of hydrogen-bond donors (Lipinski definition) is 1. The predicted molar refractivity (Wildman–Crippen MR) is 75.0 cm³/mol. The Morgan fingerprint density at radius 3 is 2.95 bits per heavy atom. The van der Waals surface area contributed by atoms with Crippen molar-refractivity contribution in [3.63, 3.8) is 0 Å². The number of nitrogens with zero attached hydrogens (tertiary/aromatic N) is 1. The van der Waals surface area contributed by atoms with E-state index in [9.17, 15) is 9.18 Å². The lowest BCUT2D eigenvalue weighted by molar-refractivity contribution is 0.0456. The average molecular weight is 297 g/mol. The molecule has 1 heterocycles. The van der Waals surface area contributed by atoms with Crippen molar-refractivity contribution in [2.24, 2.45) is 0 Å². The number of esters is 1. The summed E-state index contributed by atoms with van der Waals surface area (Å²) in [6, 6.07) is 6.08. The van der Waals surface area contributed by atoms with Crippen molar-refractivity contribution in [3.05, 3.63) is 52.6 Å². The SMILES string of the molecule is CCn1cc(N)cc1C(=O)OCc1cccc(Cl)c1F. The second-order valence-electron chi connectivity index (χ2n) is 4.23. The van der Waals surface area contributed by atoms with Crippen LogP contribution >= 0.6 is 11.6 Å². The van der Waals surface area contributed by atoms with Gasteiger partial charge in [-0.1, -0.05) is 23.7 Å². The summed E-state index contributed by atoms with van der Waals surface area (Å²) in [6.07, 6.45) is 1.65. The minimum Gasteiger partial charge on any atom is -0.456 e. The van der Waals surface area contributed by atoms with Crippen LogP contribution in [0.4, 0.5) is 10.1 Å². The Hall–Kier alpha value is -2.01. The van der Waals surface area contributed by atoms with Crippen molar-refractivity contribution in [2.75, 3.05) is 5.73 Å². The molecule has 0 aliphatic heterocycles. The normalized spacial score (nSPS) is 10.6. The Kier molecular flexibility index (Phi) is 4.29. The summed E-state index contributed by atoms with van der Waals surface area (Å²) in [5, 5.41) is -0.000253. The van der Waals surface area contributed by atoms with Crippen molar-refractivity contribution in [1.82, 2.24) is 4.57 Å². The number of benzene rings is 1. The van der Waals surface area contributed by atoms with Gasteiger partial charge in [-0.3, -0.25) is 0 Å². The van der Waals surface area contributed by atoms with Gasteiger partial charge in [-0.2, -0.15) is 0 Å². The number of carbonyl (C=O) groups is 1. The number of ether oxygens (including phenoxy) is 1. The summed E-state index contributed by atoms with van der Waals surface area (Å²) >= 11 is 5.66. The van der Waals surface area contributed by atoms with Gasteiger partial charge in [-0.15, -0.1) is 0 Å². The minimum atomic E-state index is -0.577. The fraction of sp³-hybridized carbons (Fsp3) is 0.214. The Bertz CT molecular complexity index is 640. The van der Waals surface area contributed by atoms with Gasteiger partial charge >= 0.3 is 5.97 Å². The van der Waals surface area contributed by atoms with Gasteiger partial charge < -0.3 is 15.0 Å². The number of hydrogen-bond acceptors (Lipinski definition) is 3. The van der Waals surface area contributed by atoms with E-state index in [-0.39, 0.29) is 17.2 Å². The molecule has 1 aromatic heterocycles. The van der Waals surface area contributed by atoms with E-state index in [0.717, 1.165) is 0 Å². The Morgan fingerprint density at radius 1 is 1.50 bits per heavy atom. The molecule has 0 atom stereocenters. The van der Waals surface area contributed by atoms with Crippen molar-refractivity contribution in [2.45, 2.75) is 20.1 Å². The van der Waals surface area contributed by atoms with Crippen LogP contribution in [0.5, 0.6) is 0 Å². The first-order valence-corrected chi connectivity index (χ1v) is 6.46. The summed E-state index contributed by atoms with van der Waals surface area (Å²) < 4.78 is 20.4. The Morgan fingerprint density at radius 2 is 2.25 bits per heavy atom. The highest BCUT2D eigenvalue weighted by molar-refractivity contribution is 6.30. The van der Waals surface area contributed by atoms with Crippen molar-refractivity contribution in [3.8, 4) is 0 Å². The van der Waals surface area contributed by atoms with E-state index in [1.54, 1.807) is 16.8 Å². The zero-order valence-electron chi connectivity index (χ0n) is 10.9. The molecule has 2 rings (SSSR count). The topological polar surface area (TPSA) is 57.2 Å². The number of nitrogen functional groups attached to an aromatic ring is 1. The molecule has 2 aromatic rings. The molecule has 4 nitrogen and oxygen atoms in total. The van der Waals surface area contributed by atoms with E-state index in [1.807, 2.05) is 6.92 Å². The number of halogens is 2. The molecule has 0 aliphatic rings. The van der Waals surface area contributed by atoms with Gasteiger partial charge in [-0.05, 0) is 19.1 Å². The van der Waals surface area contributed by atoms with Crippen molar-refractivity contribution >= 4 is 23.3 Å². The number of aryl methyl sites for hydroxylation is 1. The predicted octanol–water partition coefficient (Wildman–Crippen LogP) is 3.24. The highest BCUT2D eigenvalue weighted by Gasteiger charge is 2.15. The van der Waals surface area contributed by atoms with Gasteiger partial charge in [-0.25, -0.2) is 9.18 Å². The van der Waals surface area contributed by atoms with Crippen LogP contribution in [0.25, 0.3) is 0 Å². The van der Waals surface area contributed by atoms with Gasteiger partial charge in [0.25, 0.3) is 0 Å². The molecule has 1 aromatic carbocycles. The van der Waals surface area contributed by atoms with Crippen molar-refractivity contribution < 1.29 is 13.9 Å². The molecule has 0 saturated heterocycles. The van der Waals surface area contributed by atoms with Crippen LogP contribution in [0.2, 0.25) is 5.02 Å². The molecule has 0 amide bonds. The number of rotatable bonds is 4. The van der Waals surface area contributed by atoms with Crippen molar-refractivity contribution in [1.29, 1.82) is 0 Å². The molecule has 0 spiro atoms. The summed E-state index contributed by atoms with van der Waals surface area (Å²) in [4.78, 5) is 12.0. The lowest BCUT2D eigenvalue weighted by Crippen LogP contribution is -2.11. The first-order valence-electron chi connectivity index (χ1n) is 6.08. The molecule has 0 aliphatic carbocycles. The molecule has 0 radical (unpaired) electrons. The number of nitrogens with two attached hydrogens (primary N) is 1. The highest BCUT2D eigenvalue weighted by Crippen LogP contribution is 2.19. The molecular weight excluding hydrogens is 283 g/mol. The molecule has 6 heteroatoms. The molecule has 2 N–H and O–H groups in total. The van der Waals surface area contributed by atoms with Crippen LogP contribution in [0.3, 0.4) is 0 Å². The standard InChI is InChI=1S/C14H14ClFN2O2/c1-2-18-7-10(17)6-12(18)14(19)20-8-9-4-3-5-11(15)13(9)16/h3-7H,2,8,17H2,1H3. The Balaban J connectivity index is 2.10. The minimum absolute atomic E-state index is 0.000253. The maximum absolute atomic E-state index is 13.7. The van der Waals surface area contributed by atoms with E-state index >= 15 is 0 Å². The molecule has 0 bridgehead atoms. The third kappa shape index (κ3) is 2.93. The quantitative estimate of drug-likeness (QED) is 0.881. The van der Waals surface area contributed by atoms with Gasteiger partial charge in [0.15, 0.2) is 0 Å². The fourth-order valence-electron chi connectivity index (χ4n) is 1.84. The van der Waals surface area contributed by atoms with E-state index in [2.05, 4.69) is 0 Å². The first-order chi connectivity index (χ1) is 9.52. The smallest absolute Gasteiger partial charge is 0.355 e. The molecule has 0 saturated carbocycles. The zero-order valence-corrected chi connectivity index (χ0v) is 11.7. The van der Waals surface area contributed by atoms with Crippen LogP contribution in [-0.2, 0) is 17.9 Å². The second-order valence-corrected chi connectivity index (χ2v) is 4.64. The summed E-state index contributed by atoms with van der Waals surface area (Å²) in [5.41, 5.74) is 6.69. The fourth-order valence-corrected chi connectivity index (χ4v) is 2.04. The molecule has 106 valence electrons. The van der Waals surface area contributed by atoms with E-state index in [0.29, 0.717) is 17.9 Å². The molecule has 0 unspecified atom stereocenters. The van der Waals surface area contributed by atoms with E-state index in [1.165, 1.54) is 18.2 Å². The lowest BCUT2D eigenvalue weighted by atomic mass is 10.2. The average Bonchev–Trinajstić information content (AvgIpc) is 2.81. The van der Waals surface area contributed by atoms with Crippen LogP contribution in [0.1, 0.15) is 23.0 Å². The molecule has 0 fully saturated rings. The number of aromatic nitrogens is 1. The first kappa shape index (κ1) is 14.4. The van der Waals surface area contributed by atoms with E-state index < -0.39 is 11.8 Å². The van der Waals surface area contributed by atoms with Crippen LogP contribution in [0, 0.1) is 5.82 Å². The third-order valence-corrected chi connectivity index (χ3v) is 3.15. The number of carbonyl (C=O) groups excluding carboxylic acids is 1. The van der Waals surface area contributed by atoms with E-state index in [4.69, 9.17) is 22.1 Å². The van der Waals surface area contributed by atoms with Crippen LogP contribution < -0.4 is 5.73 Å². The van der Waals surface area contributed by atoms with Gasteiger partial charge in [0, 0.05) is 18.3 Å². The second kappa shape index (κ2) is 5.96. The van der Waals surface area contributed by atoms with Gasteiger partial charge in [0.1, 0.15) is 18.1 Å². The molecule has 20 heavy (non-hydrogen) atoms. The Labute approximate surface area is 120 Å². The van der Waals surface area contributed by atoms with Crippen LogP contribution in [-0.4, -0.2) is 10.5 Å². The third-order valence-electron chi connectivity index (χ3n) is 2.86. The monoisotopic (exact) mass is 296 g/mol. The summed E-state index contributed by atoms with van der Waals surface area (Å²) in [6.45, 7) is 2.29. The summed E-state index contributed by atoms with van der Waals surface area (Å²) in [5.74, 6) is -1.13. The maximum atomic E-state index is 13.7. The maximum Gasteiger partial charge on any atom is 0.355 e. The largest absolute Gasteiger partial charge is 0.456 e. The van der Waals surface area contributed by atoms with Gasteiger partial charge in [0.2, 0.25) is 0 Å². The lowest BCUT2D eigenvalue weighted by Gasteiger charge is -2.08. The highest BCUT2D eigenvalue weighted by atomic mass is 35.5. The summed E-state index contributed by atoms with van der Waals surface area (Å²) in [7, 11) is 0. The van der Waals surface area contributed by atoms with Crippen LogP contribution in [0.15, 0.2) is 30.5 Å². The zero-order chi connectivity index (χ0) is 14.7. The number of anilines is 1. The molecular formula is C14H14ClFN2O2.